The molecule has 0 amide bonds. The van der Waals surface area contributed by atoms with Crippen LogP contribution in [0.15, 0.2) is 24.3 Å². The van der Waals surface area contributed by atoms with E-state index in [-0.39, 0.29) is 0 Å². The summed E-state index contributed by atoms with van der Waals surface area (Å²) in [6.07, 6.45) is 2.13. The zero-order valence-corrected chi connectivity index (χ0v) is 9.88. The molecule has 0 atom stereocenters. The molecule has 1 aliphatic carbocycles. The van der Waals surface area contributed by atoms with E-state index in [2.05, 4.69) is 24.3 Å². The fourth-order valence-electron chi connectivity index (χ4n) is 1.59. The largest absolute Gasteiger partial charge is 0.327 e. The minimum atomic E-state index is 0.373. The molecule has 0 radical (unpaired) electrons. The molecule has 1 aliphatic rings. The lowest BCUT2D eigenvalue weighted by Crippen LogP contribution is -2.18. The van der Waals surface area contributed by atoms with Crippen molar-refractivity contribution in [1.29, 1.82) is 0 Å². The minimum absolute atomic E-state index is 0.373. The van der Waals surface area contributed by atoms with Crippen LogP contribution in [0.2, 0.25) is 0 Å². The summed E-state index contributed by atoms with van der Waals surface area (Å²) in [6, 6.07) is 8.87. The third-order valence-corrected chi connectivity index (χ3v) is 2.08. The minimum Gasteiger partial charge on any atom is -0.327 e. The van der Waals surface area contributed by atoms with E-state index in [0.29, 0.717) is 6.04 Å². The molecule has 80 valence electrons. The summed E-state index contributed by atoms with van der Waals surface area (Å²) in [7, 11) is 0. The van der Waals surface area contributed by atoms with Gasteiger partial charge in [0.05, 0.1) is 0 Å². The van der Waals surface area contributed by atoms with Crippen molar-refractivity contribution < 1.29 is 0 Å². The summed E-state index contributed by atoms with van der Waals surface area (Å²) >= 11 is 0. The lowest BCUT2D eigenvalue weighted by atomic mass is 10.1. The van der Waals surface area contributed by atoms with E-state index in [4.69, 9.17) is 5.73 Å². The molecule has 0 spiro atoms. The summed E-state index contributed by atoms with van der Waals surface area (Å²) in [4.78, 5) is 0. The van der Waals surface area contributed by atoms with Crippen LogP contribution in [0.4, 0.5) is 0 Å². The first kappa shape index (κ1) is 13.2. The average Bonchev–Trinajstić information content (AvgIpc) is 2.64. The molecule has 1 heteroatoms. The van der Waals surface area contributed by atoms with Crippen LogP contribution in [-0.2, 0) is 12.8 Å². The Kier molecular flexibility index (Phi) is 7.13. The van der Waals surface area contributed by atoms with E-state index in [0.717, 1.165) is 12.8 Å². The van der Waals surface area contributed by atoms with E-state index < -0.39 is 0 Å². The highest BCUT2D eigenvalue weighted by Crippen LogP contribution is 2.19. The van der Waals surface area contributed by atoms with Gasteiger partial charge in [0.2, 0.25) is 0 Å². The van der Waals surface area contributed by atoms with E-state index in [1.165, 1.54) is 11.1 Å². The molecule has 0 aromatic heterocycles. The fourth-order valence-corrected chi connectivity index (χ4v) is 1.59. The van der Waals surface area contributed by atoms with Crippen LogP contribution in [0.1, 0.15) is 38.8 Å². The Morgan fingerprint density at radius 2 is 1.29 bits per heavy atom. The Morgan fingerprint density at radius 1 is 0.929 bits per heavy atom. The van der Waals surface area contributed by atoms with Crippen molar-refractivity contribution in [2.24, 2.45) is 5.73 Å². The maximum absolute atomic E-state index is 5.78. The number of fused-ring (bicyclic) bond motifs is 1. The number of hydrogen-bond donors (Lipinski definition) is 1. The quantitative estimate of drug-likeness (QED) is 0.673. The van der Waals surface area contributed by atoms with Gasteiger partial charge in [-0.2, -0.15) is 0 Å². The van der Waals surface area contributed by atoms with Crippen LogP contribution in [0.5, 0.6) is 0 Å². The zero-order valence-electron chi connectivity index (χ0n) is 9.88. The van der Waals surface area contributed by atoms with Crippen LogP contribution in [-0.4, -0.2) is 6.04 Å². The maximum Gasteiger partial charge on any atom is 0.0120 e. The molecule has 2 N–H and O–H groups in total. The second-order valence-electron chi connectivity index (χ2n) is 2.94. The average molecular weight is 193 g/mol. The number of benzene rings is 1. The molecular weight excluding hydrogens is 170 g/mol. The lowest BCUT2D eigenvalue weighted by Gasteiger charge is -1.94. The van der Waals surface area contributed by atoms with Gasteiger partial charge in [-0.15, -0.1) is 0 Å². The van der Waals surface area contributed by atoms with Gasteiger partial charge < -0.3 is 5.73 Å². The van der Waals surface area contributed by atoms with Crippen LogP contribution < -0.4 is 5.73 Å². The van der Waals surface area contributed by atoms with Crippen molar-refractivity contribution >= 4 is 0 Å². The summed E-state index contributed by atoms with van der Waals surface area (Å²) in [5.41, 5.74) is 8.66. The van der Waals surface area contributed by atoms with Gasteiger partial charge in [-0.25, -0.2) is 0 Å². The Bertz CT molecular complexity index is 218. The van der Waals surface area contributed by atoms with Crippen LogP contribution in [0.3, 0.4) is 0 Å². The molecule has 0 fully saturated rings. The standard InChI is InChI=1S/C9H11N.2C2H6/c10-9-5-7-3-1-2-4-8(7)6-9;2*1-2/h1-4,9H,5-6,10H2;2*1-2H3. The highest BCUT2D eigenvalue weighted by atomic mass is 14.6. The van der Waals surface area contributed by atoms with Crippen LogP contribution >= 0.6 is 0 Å². The maximum atomic E-state index is 5.78. The Balaban J connectivity index is 0.000000379. The summed E-state index contributed by atoms with van der Waals surface area (Å²) in [6.45, 7) is 8.00. The smallest absolute Gasteiger partial charge is 0.0120 e. The van der Waals surface area contributed by atoms with Gasteiger partial charge in [-0.1, -0.05) is 52.0 Å². The molecule has 0 saturated heterocycles. The molecular formula is C13H23N. The first-order valence-electron chi connectivity index (χ1n) is 5.68. The molecule has 14 heavy (non-hydrogen) atoms. The van der Waals surface area contributed by atoms with Crippen molar-refractivity contribution in [1.82, 2.24) is 0 Å². The van der Waals surface area contributed by atoms with E-state index >= 15 is 0 Å². The molecule has 0 unspecified atom stereocenters. The first-order chi connectivity index (χ1) is 6.86. The van der Waals surface area contributed by atoms with Crippen LogP contribution in [0, 0.1) is 0 Å². The number of nitrogens with two attached hydrogens (primary N) is 1. The SMILES string of the molecule is CC.CC.NC1Cc2ccccc2C1. The topological polar surface area (TPSA) is 26.0 Å². The van der Waals surface area contributed by atoms with Crippen molar-refractivity contribution in [2.75, 3.05) is 0 Å². The molecule has 0 saturated carbocycles. The van der Waals surface area contributed by atoms with Crippen molar-refractivity contribution in [3.63, 3.8) is 0 Å². The van der Waals surface area contributed by atoms with E-state index in [1.54, 1.807) is 0 Å². The first-order valence-corrected chi connectivity index (χ1v) is 5.68. The van der Waals surface area contributed by atoms with Crippen molar-refractivity contribution in [2.45, 2.75) is 46.6 Å². The Hall–Kier alpha value is -0.820. The van der Waals surface area contributed by atoms with Gasteiger partial charge in [0.1, 0.15) is 0 Å². The van der Waals surface area contributed by atoms with E-state index in [9.17, 15) is 0 Å². The fraction of sp³-hybridized carbons (Fsp3) is 0.538. The highest BCUT2D eigenvalue weighted by Gasteiger charge is 2.15. The second kappa shape index (κ2) is 7.57. The van der Waals surface area contributed by atoms with Crippen LogP contribution in [0.25, 0.3) is 0 Å². The monoisotopic (exact) mass is 193 g/mol. The molecule has 1 nitrogen and oxygen atoms in total. The Labute approximate surface area is 88.3 Å². The molecule has 0 aliphatic heterocycles. The Morgan fingerprint density at radius 3 is 1.64 bits per heavy atom. The summed E-state index contributed by atoms with van der Waals surface area (Å²) < 4.78 is 0. The predicted octanol–water partition coefficient (Wildman–Crippen LogP) is 3.16. The summed E-state index contributed by atoms with van der Waals surface area (Å²) in [5, 5.41) is 0. The zero-order chi connectivity index (χ0) is 11.0. The van der Waals surface area contributed by atoms with Gasteiger partial charge in [0.25, 0.3) is 0 Å². The summed E-state index contributed by atoms with van der Waals surface area (Å²) in [5.74, 6) is 0. The molecule has 1 aromatic carbocycles. The van der Waals surface area contributed by atoms with Gasteiger partial charge in [0, 0.05) is 6.04 Å². The molecule has 1 aromatic rings. The van der Waals surface area contributed by atoms with Crippen molar-refractivity contribution in [3.8, 4) is 0 Å². The number of hydrogen-bond acceptors (Lipinski definition) is 1. The van der Waals surface area contributed by atoms with Gasteiger partial charge in [0.15, 0.2) is 0 Å². The van der Waals surface area contributed by atoms with Crippen molar-refractivity contribution in [3.05, 3.63) is 35.4 Å². The lowest BCUT2D eigenvalue weighted by molar-refractivity contribution is 0.721. The second-order valence-corrected chi connectivity index (χ2v) is 2.94. The molecule has 0 heterocycles. The third kappa shape index (κ3) is 3.51. The molecule has 2 rings (SSSR count). The van der Waals surface area contributed by atoms with E-state index in [1.807, 2.05) is 27.7 Å². The van der Waals surface area contributed by atoms with Gasteiger partial charge in [-0.05, 0) is 24.0 Å². The third-order valence-electron chi connectivity index (χ3n) is 2.08. The predicted molar refractivity (Wildman–Crippen MR) is 64.5 cm³/mol. The number of rotatable bonds is 0. The molecule has 0 bridgehead atoms. The normalized spacial score (nSPS) is 13.2. The highest BCUT2D eigenvalue weighted by molar-refractivity contribution is 5.32. The van der Waals surface area contributed by atoms with Gasteiger partial charge >= 0.3 is 0 Å². The van der Waals surface area contributed by atoms with Gasteiger partial charge in [-0.3, -0.25) is 0 Å².